The van der Waals surface area contributed by atoms with E-state index in [2.05, 4.69) is 20.3 Å². The van der Waals surface area contributed by atoms with Gasteiger partial charge in [-0.25, -0.2) is 4.68 Å². The summed E-state index contributed by atoms with van der Waals surface area (Å²) in [5.74, 6) is -0.285. The summed E-state index contributed by atoms with van der Waals surface area (Å²) in [4.78, 5) is 22.2. The molecule has 0 saturated heterocycles. The molecule has 1 aromatic carbocycles. The third-order valence-corrected chi connectivity index (χ3v) is 3.64. The predicted octanol–water partition coefficient (Wildman–Crippen LogP) is 0.237. The minimum atomic E-state index is -0.462. The van der Waals surface area contributed by atoms with Crippen LogP contribution >= 0.6 is 11.8 Å². The van der Waals surface area contributed by atoms with Crippen LogP contribution in [-0.4, -0.2) is 39.2 Å². The summed E-state index contributed by atoms with van der Waals surface area (Å²) in [6, 6.07) is 6.94. The Morgan fingerprint density at radius 3 is 2.67 bits per heavy atom. The lowest BCUT2D eigenvalue weighted by Gasteiger charge is -2.03. The van der Waals surface area contributed by atoms with Gasteiger partial charge in [0.15, 0.2) is 0 Å². The van der Waals surface area contributed by atoms with Crippen molar-refractivity contribution >= 4 is 23.6 Å². The number of tetrazole rings is 1. The van der Waals surface area contributed by atoms with Crippen LogP contribution in [0.5, 0.6) is 0 Å². The Hall–Kier alpha value is -2.42. The van der Waals surface area contributed by atoms with Crippen molar-refractivity contribution in [2.24, 2.45) is 5.73 Å². The maximum atomic E-state index is 11.2. The molecule has 0 aliphatic heterocycles. The number of benzene rings is 1. The smallest absolute Gasteiger partial charge is 0.327 e. The number of esters is 1. The van der Waals surface area contributed by atoms with Gasteiger partial charge in [0.25, 0.3) is 0 Å². The Labute approximate surface area is 124 Å². The molecular formula is C12H13N5O3S. The molecule has 0 aliphatic carbocycles. The van der Waals surface area contributed by atoms with E-state index in [-0.39, 0.29) is 6.54 Å². The number of carbonyl (C=O) groups is 2. The molecule has 1 amide bonds. The van der Waals surface area contributed by atoms with Crippen LogP contribution in [0.4, 0.5) is 0 Å². The highest BCUT2D eigenvalue weighted by Crippen LogP contribution is 2.20. The third-order valence-electron chi connectivity index (χ3n) is 2.61. The fourth-order valence-electron chi connectivity index (χ4n) is 1.50. The highest BCUT2D eigenvalue weighted by molar-refractivity contribution is 7.98. The van der Waals surface area contributed by atoms with Gasteiger partial charge in [0, 0.05) is 11.3 Å². The summed E-state index contributed by atoms with van der Waals surface area (Å²) in [5.41, 5.74) is 6.62. The molecule has 9 heteroatoms. The largest absolute Gasteiger partial charge is 0.468 e. The van der Waals surface area contributed by atoms with Crippen molar-refractivity contribution in [1.29, 1.82) is 0 Å². The van der Waals surface area contributed by atoms with Gasteiger partial charge in [-0.1, -0.05) is 23.9 Å². The quantitative estimate of drug-likeness (QED) is 0.600. The molecule has 1 aromatic heterocycles. The zero-order valence-corrected chi connectivity index (χ0v) is 12.0. The predicted molar refractivity (Wildman–Crippen MR) is 74.4 cm³/mol. The van der Waals surface area contributed by atoms with Gasteiger partial charge in [0.05, 0.1) is 7.11 Å². The van der Waals surface area contributed by atoms with Gasteiger partial charge in [-0.15, -0.1) is 5.10 Å². The summed E-state index contributed by atoms with van der Waals surface area (Å²) in [7, 11) is 1.31. The number of ether oxygens (including phenoxy) is 1. The minimum absolute atomic E-state index is 0.0353. The third kappa shape index (κ3) is 4.02. The SMILES string of the molecule is COC(=O)Cn1nnnc1SCc1ccc(C(N)=O)cc1. The van der Waals surface area contributed by atoms with Crippen LogP contribution in [0.2, 0.25) is 0 Å². The Morgan fingerprint density at radius 2 is 2.05 bits per heavy atom. The summed E-state index contributed by atoms with van der Waals surface area (Å²) >= 11 is 1.38. The van der Waals surface area contributed by atoms with E-state index in [4.69, 9.17) is 5.73 Å². The molecule has 2 aromatic rings. The Kier molecular flexibility index (Phi) is 4.88. The second-order valence-electron chi connectivity index (χ2n) is 4.05. The molecule has 0 aliphatic rings. The number of thioether (sulfide) groups is 1. The van der Waals surface area contributed by atoms with Gasteiger partial charge >= 0.3 is 5.97 Å². The van der Waals surface area contributed by atoms with E-state index in [1.807, 2.05) is 12.1 Å². The van der Waals surface area contributed by atoms with Crippen LogP contribution in [0, 0.1) is 0 Å². The van der Waals surface area contributed by atoms with Crippen molar-refractivity contribution in [1.82, 2.24) is 20.2 Å². The van der Waals surface area contributed by atoms with Crippen LogP contribution in [0.25, 0.3) is 0 Å². The molecule has 8 nitrogen and oxygen atoms in total. The molecule has 0 bridgehead atoms. The van der Waals surface area contributed by atoms with Crippen molar-refractivity contribution in [2.75, 3.05) is 7.11 Å². The molecule has 0 unspecified atom stereocenters. The van der Waals surface area contributed by atoms with E-state index in [0.29, 0.717) is 16.5 Å². The molecule has 2 N–H and O–H groups in total. The first-order valence-electron chi connectivity index (χ1n) is 5.94. The Balaban J connectivity index is 1.98. The van der Waals surface area contributed by atoms with Crippen LogP contribution in [0.3, 0.4) is 0 Å². The lowest BCUT2D eigenvalue weighted by molar-refractivity contribution is -0.141. The number of primary amides is 1. The van der Waals surface area contributed by atoms with Crippen LogP contribution in [0.15, 0.2) is 29.4 Å². The van der Waals surface area contributed by atoms with Gasteiger partial charge in [-0.2, -0.15) is 0 Å². The Bertz CT molecular complexity index is 641. The lowest BCUT2D eigenvalue weighted by atomic mass is 10.1. The van der Waals surface area contributed by atoms with Crippen molar-refractivity contribution < 1.29 is 14.3 Å². The zero-order chi connectivity index (χ0) is 15.2. The van der Waals surface area contributed by atoms with E-state index in [1.165, 1.54) is 23.6 Å². The number of nitrogens with zero attached hydrogens (tertiary/aromatic N) is 4. The maximum absolute atomic E-state index is 11.2. The molecule has 2 rings (SSSR count). The second-order valence-corrected chi connectivity index (χ2v) is 4.99. The van der Waals surface area contributed by atoms with Crippen molar-refractivity contribution in [3.63, 3.8) is 0 Å². The van der Waals surface area contributed by atoms with E-state index in [9.17, 15) is 9.59 Å². The number of amides is 1. The number of methoxy groups -OCH3 is 1. The average molecular weight is 307 g/mol. The Morgan fingerprint density at radius 1 is 1.33 bits per heavy atom. The van der Waals surface area contributed by atoms with Crippen LogP contribution in [0.1, 0.15) is 15.9 Å². The second kappa shape index (κ2) is 6.84. The number of nitrogens with two attached hydrogens (primary N) is 1. The summed E-state index contributed by atoms with van der Waals surface area (Å²) in [6.45, 7) is -0.0353. The monoisotopic (exact) mass is 307 g/mol. The summed E-state index contributed by atoms with van der Waals surface area (Å²) in [5, 5.41) is 11.6. The highest BCUT2D eigenvalue weighted by atomic mass is 32.2. The van der Waals surface area contributed by atoms with E-state index >= 15 is 0 Å². The normalized spacial score (nSPS) is 10.3. The number of hydrogen-bond donors (Lipinski definition) is 1. The minimum Gasteiger partial charge on any atom is -0.468 e. The number of aromatic nitrogens is 4. The molecule has 0 radical (unpaired) electrons. The van der Waals surface area contributed by atoms with Gasteiger partial charge < -0.3 is 10.5 Å². The first kappa shape index (κ1) is 15.0. The molecule has 21 heavy (non-hydrogen) atoms. The van der Waals surface area contributed by atoms with Crippen LogP contribution in [-0.2, 0) is 21.8 Å². The molecule has 1 heterocycles. The van der Waals surface area contributed by atoms with Crippen molar-refractivity contribution in [3.8, 4) is 0 Å². The fourth-order valence-corrected chi connectivity index (χ4v) is 2.33. The molecule has 0 saturated carbocycles. The zero-order valence-electron chi connectivity index (χ0n) is 11.2. The number of hydrogen-bond acceptors (Lipinski definition) is 7. The topological polar surface area (TPSA) is 113 Å². The molecule has 0 atom stereocenters. The number of carbonyl (C=O) groups excluding carboxylic acids is 2. The van der Waals surface area contributed by atoms with Gasteiger partial charge in [-0.3, -0.25) is 9.59 Å². The lowest BCUT2D eigenvalue weighted by Crippen LogP contribution is -2.13. The standard InChI is InChI=1S/C12H13N5O3S/c1-20-10(18)6-17-12(14-15-16-17)21-7-8-2-4-9(5-3-8)11(13)19/h2-5H,6-7H2,1H3,(H2,13,19). The molecular weight excluding hydrogens is 294 g/mol. The molecule has 110 valence electrons. The fraction of sp³-hybridized carbons (Fsp3) is 0.250. The van der Waals surface area contributed by atoms with E-state index in [1.54, 1.807) is 12.1 Å². The van der Waals surface area contributed by atoms with Gasteiger partial charge in [0.1, 0.15) is 6.54 Å². The summed E-state index contributed by atoms with van der Waals surface area (Å²) < 4.78 is 5.94. The summed E-state index contributed by atoms with van der Waals surface area (Å²) in [6.07, 6.45) is 0. The first-order chi connectivity index (χ1) is 10.1. The molecule has 0 fully saturated rings. The highest BCUT2D eigenvalue weighted by Gasteiger charge is 2.11. The van der Waals surface area contributed by atoms with Crippen molar-refractivity contribution in [2.45, 2.75) is 17.5 Å². The van der Waals surface area contributed by atoms with E-state index in [0.717, 1.165) is 5.56 Å². The van der Waals surface area contributed by atoms with Gasteiger partial charge in [-0.05, 0) is 28.1 Å². The van der Waals surface area contributed by atoms with Gasteiger partial charge in [0.2, 0.25) is 11.1 Å². The first-order valence-corrected chi connectivity index (χ1v) is 6.93. The van der Waals surface area contributed by atoms with Crippen molar-refractivity contribution in [3.05, 3.63) is 35.4 Å². The maximum Gasteiger partial charge on any atom is 0.327 e. The van der Waals surface area contributed by atoms with E-state index < -0.39 is 11.9 Å². The van der Waals surface area contributed by atoms with Crippen LogP contribution < -0.4 is 5.73 Å². The number of rotatable bonds is 6. The molecule has 0 spiro atoms. The average Bonchev–Trinajstić information content (AvgIpc) is 2.92.